The number of benzene rings is 2. The summed E-state index contributed by atoms with van der Waals surface area (Å²) >= 11 is 0. The molecule has 0 saturated carbocycles. The van der Waals surface area contributed by atoms with Crippen molar-refractivity contribution in [1.29, 1.82) is 0 Å². The number of nitrogens with zero attached hydrogens (tertiary/aromatic N) is 1. The van der Waals surface area contributed by atoms with Crippen LogP contribution in [0.1, 0.15) is 5.56 Å². The van der Waals surface area contributed by atoms with Crippen LogP contribution in [-0.4, -0.2) is 16.1 Å². The largest absolute Gasteiger partial charge is 0.465 e. The van der Waals surface area contributed by atoms with Crippen LogP contribution in [0.2, 0.25) is 0 Å². The average molecular weight is 306 g/mol. The zero-order valence-electron chi connectivity index (χ0n) is 11.2. The van der Waals surface area contributed by atoms with E-state index in [1.807, 2.05) is 0 Å². The van der Waals surface area contributed by atoms with Gasteiger partial charge in [0.2, 0.25) is 0 Å². The minimum Gasteiger partial charge on any atom is -0.465 e. The first-order valence-corrected chi connectivity index (χ1v) is 6.13. The van der Waals surface area contributed by atoms with Gasteiger partial charge in [0.25, 0.3) is 5.69 Å². The molecule has 7 nitrogen and oxygen atoms in total. The molecule has 1 amide bonds. The summed E-state index contributed by atoms with van der Waals surface area (Å²) in [6, 6.07) is 9.30. The van der Waals surface area contributed by atoms with Crippen molar-refractivity contribution in [3.8, 4) is 11.5 Å². The molecule has 0 spiro atoms. The molecule has 0 aliphatic carbocycles. The molecule has 0 saturated heterocycles. The van der Waals surface area contributed by atoms with Crippen LogP contribution < -0.4 is 10.1 Å². The van der Waals surface area contributed by atoms with E-state index in [1.54, 1.807) is 0 Å². The van der Waals surface area contributed by atoms with Gasteiger partial charge in [-0.2, -0.15) is 0 Å². The van der Waals surface area contributed by atoms with Gasteiger partial charge in [-0.3, -0.25) is 10.1 Å². The van der Waals surface area contributed by atoms with Crippen molar-refractivity contribution in [2.45, 2.75) is 6.54 Å². The van der Waals surface area contributed by atoms with E-state index >= 15 is 0 Å². The average Bonchev–Trinajstić information content (AvgIpc) is 2.45. The van der Waals surface area contributed by atoms with Crippen LogP contribution in [0, 0.1) is 15.9 Å². The topological polar surface area (TPSA) is 102 Å². The Morgan fingerprint density at radius 1 is 1.27 bits per heavy atom. The first-order valence-electron chi connectivity index (χ1n) is 6.13. The van der Waals surface area contributed by atoms with E-state index in [-0.39, 0.29) is 29.3 Å². The molecular formula is C14H11FN2O5. The summed E-state index contributed by atoms with van der Waals surface area (Å²) in [5, 5.41) is 21.6. The van der Waals surface area contributed by atoms with E-state index in [1.165, 1.54) is 36.4 Å². The zero-order valence-corrected chi connectivity index (χ0v) is 11.2. The molecule has 0 aromatic heterocycles. The molecule has 2 N–H and O–H groups in total. The highest BCUT2D eigenvalue weighted by molar-refractivity contribution is 5.64. The van der Waals surface area contributed by atoms with Crippen molar-refractivity contribution >= 4 is 11.8 Å². The number of rotatable bonds is 5. The lowest BCUT2D eigenvalue weighted by molar-refractivity contribution is -0.385. The highest BCUT2D eigenvalue weighted by Crippen LogP contribution is 2.28. The van der Waals surface area contributed by atoms with E-state index < -0.39 is 16.8 Å². The standard InChI is InChI=1S/C14H11FN2O5/c15-10-2-1-3-11(7-10)22-12-4-5-13(17(20)21)9(6-12)8-16-14(18)19/h1-7,16H,8H2,(H,18,19). The van der Waals surface area contributed by atoms with Crippen LogP contribution in [-0.2, 0) is 6.54 Å². The van der Waals surface area contributed by atoms with Gasteiger partial charge >= 0.3 is 6.09 Å². The van der Waals surface area contributed by atoms with Gasteiger partial charge in [-0.05, 0) is 24.3 Å². The Morgan fingerprint density at radius 2 is 2.00 bits per heavy atom. The highest BCUT2D eigenvalue weighted by atomic mass is 19.1. The molecule has 2 aromatic carbocycles. The Balaban J connectivity index is 2.27. The van der Waals surface area contributed by atoms with Gasteiger partial charge in [0.05, 0.1) is 17.0 Å². The second-order valence-corrected chi connectivity index (χ2v) is 4.27. The second kappa shape index (κ2) is 6.53. The third kappa shape index (κ3) is 3.92. The molecule has 2 aromatic rings. The lowest BCUT2D eigenvalue weighted by atomic mass is 10.1. The first-order chi connectivity index (χ1) is 10.5. The summed E-state index contributed by atoms with van der Waals surface area (Å²) in [5.41, 5.74) is -0.0957. The molecule has 114 valence electrons. The van der Waals surface area contributed by atoms with E-state index in [0.717, 1.165) is 6.07 Å². The van der Waals surface area contributed by atoms with Crippen LogP contribution in [0.4, 0.5) is 14.9 Å². The molecular weight excluding hydrogens is 295 g/mol. The normalized spacial score (nSPS) is 10.0. The van der Waals surface area contributed by atoms with Gasteiger partial charge in [-0.15, -0.1) is 0 Å². The molecule has 0 bridgehead atoms. The fourth-order valence-corrected chi connectivity index (χ4v) is 1.78. The molecule has 8 heteroatoms. The molecule has 0 aliphatic heterocycles. The quantitative estimate of drug-likeness (QED) is 0.652. The van der Waals surface area contributed by atoms with Crippen molar-refractivity contribution in [3.63, 3.8) is 0 Å². The minimum atomic E-state index is -1.30. The van der Waals surface area contributed by atoms with Gasteiger partial charge in [-0.25, -0.2) is 9.18 Å². The molecule has 22 heavy (non-hydrogen) atoms. The van der Waals surface area contributed by atoms with Gasteiger partial charge < -0.3 is 15.2 Å². The summed E-state index contributed by atoms with van der Waals surface area (Å²) in [7, 11) is 0. The Morgan fingerprint density at radius 3 is 2.64 bits per heavy atom. The minimum absolute atomic E-state index is 0.140. The number of hydrogen-bond donors (Lipinski definition) is 2. The first kappa shape index (κ1) is 15.2. The maximum Gasteiger partial charge on any atom is 0.404 e. The molecule has 2 rings (SSSR count). The van der Waals surface area contributed by atoms with E-state index in [0.29, 0.717) is 0 Å². The predicted molar refractivity (Wildman–Crippen MR) is 74.4 cm³/mol. The van der Waals surface area contributed by atoms with Crippen molar-refractivity contribution in [3.05, 3.63) is 64.0 Å². The summed E-state index contributed by atoms with van der Waals surface area (Å²) < 4.78 is 18.5. The van der Waals surface area contributed by atoms with E-state index in [9.17, 15) is 19.3 Å². The third-order valence-electron chi connectivity index (χ3n) is 2.71. The number of nitro groups is 1. The SMILES string of the molecule is O=C(O)NCc1cc(Oc2cccc(F)c2)ccc1[N+](=O)[O-]. The van der Waals surface area contributed by atoms with Crippen molar-refractivity contribution in [2.75, 3.05) is 0 Å². The highest BCUT2D eigenvalue weighted by Gasteiger charge is 2.15. The molecule has 0 radical (unpaired) electrons. The number of halogens is 1. The van der Waals surface area contributed by atoms with E-state index in [2.05, 4.69) is 5.32 Å². The van der Waals surface area contributed by atoms with Crippen LogP contribution >= 0.6 is 0 Å². The number of amides is 1. The summed E-state index contributed by atoms with van der Waals surface area (Å²) in [5.74, 6) is -0.0171. The maximum absolute atomic E-state index is 13.1. The Hall–Kier alpha value is -3.16. The van der Waals surface area contributed by atoms with Crippen LogP contribution in [0.5, 0.6) is 11.5 Å². The lowest BCUT2D eigenvalue weighted by Crippen LogP contribution is -2.20. The monoisotopic (exact) mass is 306 g/mol. The predicted octanol–water partition coefficient (Wildman–Crippen LogP) is 3.29. The Labute approximate surface area is 124 Å². The Bertz CT molecular complexity index is 720. The second-order valence-electron chi connectivity index (χ2n) is 4.27. The molecule has 0 atom stereocenters. The molecule has 0 unspecified atom stereocenters. The van der Waals surface area contributed by atoms with Crippen molar-refractivity contribution in [1.82, 2.24) is 5.32 Å². The molecule has 0 fully saturated rings. The zero-order chi connectivity index (χ0) is 16.1. The summed E-state index contributed by atoms with van der Waals surface area (Å²) in [6.45, 7) is -0.244. The number of ether oxygens (including phenoxy) is 1. The molecule has 0 aliphatic rings. The summed E-state index contributed by atoms with van der Waals surface area (Å²) in [4.78, 5) is 20.8. The number of hydrogen-bond acceptors (Lipinski definition) is 4. The van der Waals surface area contributed by atoms with Gasteiger partial charge in [-0.1, -0.05) is 6.07 Å². The third-order valence-corrected chi connectivity index (χ3v) is 2.71. The fourth-order valence-electron chi connectivity index (χ4n) is 1.78. The van der Waals surface area contributed by atoms with Crippen LogP contribution in [0.15, 0.2) is 42.5 Å². The van der Waals surface area contributed by atoms with Gasteiger partial charge in [0.15, 0.2) is 0 Å². The van der Waals surface area contributed by atoms with Crippen LogP contribution in [0.25, 0.3) is 0 Å². The van der Waals surface area contributed by atoms with Crippen LogP contribution in [0.3, 0.4) is 0 Å². The number of nitro benzene ring substituents is 1. The maximum atomic E-state index is 13.1. The fraction of sp³-hybridized carbons (Fsp3) is 0.0714. The summed E-state index contributed by atoms with van der Waals surface area (Å²) in [6.07, 6.45) is -1.30. The Kier molecular flexibility index (Phi) is 4.52. The van der Waals surface area contributed by atoms with Gasteiger partial charge in [0, 0.05) is 12.1 Å². The molecule has 0 heterocycles. The van der Waals surface area contributed by atoms with E-state index in [4.69, 9.17) is 9.84 Å². The van der Waals surface area contributed by atoms with Crippen molar-refractivity contribution < 1.29 is 24.0 Å². The van der Waals surface area contributed by atoms with Gasteiger partial charge in [0.1, 0.15) is 17.3 Å². The smallest absolute Gasteiger partial charge is 0.404 e. The lowest BCUT2D eigenvalue weighted by Gasteiger charge is -2.08. The number of carboxylic acid groups (broad SMARTS) is 1. The van der Waals surface area contributed by atoms with Crippen molar-refractivity contribution in [2.24, 2.45) is 0 Å². The number of nitrogens with one attached hydrogen (secondary N) is 1. The number of carbonyl (C=O) groups is 1.